The molecule has 11 aromatic carbocycles. The zero-order valence-corrected chi connectivity index (χ0v) is 36.2. The molecule has 0 unspecified atom stereocenters. The molecule has 0 saturated heterocycles. The number of rotatable bonds is 6. The van der Waals surface area contributed by atoms with Crippen molar-refractivity contribution < 1.29 is 4.42 Å². The van der Waals surface area contributed by atoms with E-state index in [-0.39, 0.29) is 5.41 Å². The van der Waals surface area contributed by atoms with Gasteiger partial charge in [-0.15, -0.1) is 0 Å². The largest absolute Gasteiger partial charge is 0.456 e. The summed E-state index contributed by atoms with van der Waals surface area (Å²) in [5.74, 6) is 0. The summed E-state index contributed by atoms with van der Waals surface area (Å²) < 4.78 is 6.27. The highest BCUT2D eigenvalue weighted by Gasteiger charge is 2.35. The number of para-hydroxylation sites is 1. The van der Waals surface area contributed by atoms with Crippen LogP contribution in [0.5, 0.6) is 0 Å². The Kier molecular flexibility index (Phi) is 8.29. The van der Waals surface area contributed by atoms with Crippen molar-refractivity contribution in [1.82, 2.24) is 0 Å². The van der Waals surface area contributed by atoms with Gasteiger partial charge in [0.15, 0.2) is 0 Å². The van der Waals surface area contributed by atoms with Crippen molar-refractivity contribution in [2.24, 2.45) is 0 Å². The lowest BCUT2D eigenvalue weighted by molar-refractivity contribution is 0.661. The van der Waals surface area contributed by atoms with Crippen molar-refractivity contribution in [3.8, 4) is 44.5 Å². The summed E-state index contributed by atoms with van der Waals surface area (Å²) in [5, 5.41) is 9.98. The van der Waals surface area contributed by atoms with Gasteiger partial charge in [-0.3, -0.25) is 0 Å². The first-order valence-corrected chi connectivity index (χ1v) is 22.6. The lowest BCUT2D eigenvalue weighted by atomic mass is 9.81. The van der Waals surface area contributed by atoms with Crippen molar-refractivity contribution in [3.63, 3.8) is 0 Å². The van der Waals surface area contributed by atoms with Crippen molar-refractivity contribution >= 4 is 71.3 Å². The molecule has 0 spiro atoms. The van der Waals surface area contributed by atoms with Crippen LogP contribution in [0.4, 0.5) is 17.1 Å². The number of hydrogen-bond donors (Lipinski definition) is 0. The Morgan fingerprint density at radius 3 is 1.46 bits per heavy atom. The topological polar surface area (TPSA) is 16.4 Å². The Morgan fingerprint density at radius 2 is 0.769 bits per heavy atom. The van der Waals surface area contributed by atoms with Crippen LogP contribution in [0.1, 0.15) is 25.0 Å². The molecule has 65 heavy (non-hydrogen) atoms. The van der Waals surface area contributed by atoms with Crippen molar-refractivity contribution in [3.05, 3.63) is 236 Å². The molecule has 2 nitrogen and oxygen atoms in total. The number of anilines is 3. The molecule has 306 valence electrons. The van der Waals surface area contributed by atoms with Crippen LogP contribution in [0.15, 0.2) is 229 Å². The molecule has 0 amide bonds. The minimum Gasteiger partial charge on any atom is -0.456 e. The Labute approximate surface area is 378 Å². The van der Waals surface area contributed by atoms with E-state index in [4.69, 9.17) is 4.42 Å². The maximum Gasteiger partial charge on any atom is 0.135 e. The van der Waals surface area contributed by atoms with Crippen LogP contribution in [0.2, 0.25) is 0 Å². The summed E-state index contributed by atoms with van der Waals surface area (Å²) in [6.07, 6.45) is 0. The quantitative estimate of drug-likeness (QED) is 0.155. The maximum absolute atomic E-state index is 6.27. The van der Waals surface area contributed by atoms with Crippen LogP contribution in [-0.4, -0.2) is 0 Å². The van der Waals surface area contributed by atoms with Gasteiger partial charge < -0.3 is 9.32 Å². The van der Waals surface area contributed by atoms with E-state index in [9.17, 15) is 0 Å². The standard InChI is InChI=1S/C63H43NO/c1-63(2)59-18-10-8-16-52(59)57-38-55-50-15-7-6-14-49(50)54-36-45(28-34-51(54)56(55)39-60(57)63)44-26-31-47(32-27-44)64(48-33-35-62-58(37-48)53-17-9-11-19-61(53)65-62)46-29-24-43(25-30-46)42-22-20-41(21-23-42)40-12-4-3-5-13-40/h3-39H,1-2H3. The normalized spacial score (nSPS) is 12.9. The van der Waals surface area contributed by atoms with Gasteiger partial charge >= 0.3 is 0 Å². The first-order valence-electron chi connectivity index (χ1n) is 22.6. The molecular weight excluding hydrogens is 787 g/mol. The number of hydrogen-bond acceptors (Lipinski definition) is 2. The molecule has 1 aliphatic rings. The van der Waals surface area contributed by atoms with Crippen LogP contribution in [0.3, 0.4) is 0 Å². The van der Waals surface area contributed by atoms with E-state index >= 15 is 0 Å². The lowest BCUT2D eigenvalue weighted by Crippen LogP contribution is -2.14. The summed E-state index contributed by atoms with van der Waals surface area (Å²) in [6.45, 7) is 4.74. The number of fused-ring (bicyclic) bond motifs is 12. The molecule has 1 aromatic heterocycles. The van der Waals surface area contributed by atoms with Gasteiger partial charge in [-0.2, -0.15) is 0 Å². The second-order valence-electron chi connectivity index (χ2n) is 18.1. The molecule has 0 bridgehead atoms. The monoisotopic (exact) mass is 829 g/mol. The van der Waals surface area contributed by atoms with E-state index in [1.54, 1.807) is 0 Å². The Hall–Kier alpha value is -8.20. The van der Waals surface area contributed by atoms with Crippen molar-refractivity contribution in [1.29, 1.82) is 0 Å². The van der Waals surface area contributed by atoms with Crippen LogP contribution in [0, 0.1) is 0 Å². The summed E-state index contributed by atoms with van der Waals surface area (Å²) >= 11 is 0. The second kappa shape index (κ2) is 14.4. The zero-order valence-electron chi connectivity index (χ0n) is 36.2. The fourth-order valence-corrected chi connectivity index (χ4v) is 10.7. The molecule has 0 N–H and O–H groups in total. The molecule has 1 aliphatic carbocycles. The highest BCUT2D eigenvalue weighted by atomic mass is 16.3. The van der Waals surface area contributed by atoms with Gasteiger partial charge in [-0.05, 0) is 155 Å². The van der Waals surface area contributed by atoms with Crippen LogP contribution in [0.25, 0.3) is 98.8 Å². The van der Waals surface area contributed by atoms with Gasteiger partial charge in [-0.25, -0.2) is 0 Å². The number of nitrogens with zero attached hydrogens (tertiary/aromatic N) is 1. The van der Waals surface area contributed by atoms with E-state index in [0.29, 0.717) is 0 Å². The summed E-state index contributed by atoms with van der Waals surface area (Å²) in [5.41, 5.74) is 17.6. The average molecular weight is 830 g/mol. The predicted molar refractivity (Wildman–Crippen MR) is 275 cm³/mol. The maximum atomic E-state index is 6.27. The van der Waals surface area contributed by atoms with Crippen LogP contribution in [-0.2, 0) is 5.41 Å². The zero-order chi connectivity index (χ0) is 43.2. The molecule has 0 aliphatic heterocycles. The SMILES string of the molecule is CC1(C)c2ccccc2-c2cc3c4ccccc4c4cc(-c5ccc(N(c6ccc(-c7ccc(-c8ccccc8)cc7)cc6)c6ccc7oc8ccccc8c7c6)cc5)ccc4c3cc21. The molecule has 13 rings (SSSR count). The Morgan fingerprint density at radius 1 is 0.292 bits per heavy atom. The number of furan rings is 1. The first-order chi connectivity index (χ1) is 32.0. The lowest BCUT2D eigenvalue weighted by Gasteiger charge is -2.26. The van der Waals surface area contributed by atoms with Gasteiger partial charge in [0.05, 0.1) is 0 Å². The fourth-order valence-electron chi connectivity index (χ4n) is 10.7. The Bertz CT molecular complexity index is 3820. The highest BCUT2D eigenvalue weighted by molar-refractivity contribution is 6.26. The fraction of sp³-hybridized carbons (Fsp3) is 0.0476. The summed E-state index contributed by atoms with van der Waals surface area (Å²) in [6, 6.07) is 82.1. The second-order valence-corrected chi connectivity index (χ2v) is 18.1. The number of benzene rings is 11. The van der Waals surface area contributed by atoms with E-state index < -0.39 is 0 Å². The van der Waals surface area contributed by atoms with E-state index in [1.165, 1.54) is 88.0 Å². The van der Waals surface area contributed by atoms with Crippen molar-refractivity contribution in [2.75, 3.05) is 4.90 Å². The molecule has 0 atom stereocenters. The molecular formula is C63H43NO. The minimum absolute atomic E-state index is 0.0666. The van der Waals surface area contributed by atoms with Gasteiger partial charge in [-0.1, -0.05) is 172 Å². The van der Waals surface area contributed by atoms with E-state index in [0.717, 1.165) is 39.0 Å². The van der Waals surface area contributed by atoms with Gasteiger partial charge in [0.1, 0.15) is 11.2 Å². The first kappa shape index (κ1) is 37.4. The third-order valence-electron chi connectivity index (χ3n) is 14.1. The molecule has 12 aromatic rings. The summed E-state index contributed by atoms with van der Waals surface area (Å²) in [4.78, 5) is 2.35. The molecule has 1 heterocycles. The Balaban J connectivity index is 0.900. The van der Waals surface area contributed by atoms with Crippen LogP contribution < -0.4 is 4.90 Å². The molecule has 0 radical (unpaired) electrons. The average Bonchev–Trinajstić information content (AvgIpc) is 3.85. The smallest absolute Gasteiger partial charge is 0.135 e. The molecule has 2 heteroatoms. The third-order valence-corrected chi connectivity index (χ3v) is 14.1. The summed E-state index contributed by atoms with van der Waals surface area (Å²) in [7, 11) is 0. The highest BCUT2D eigenvalue weighted by Crippen LogP contribution is 2.51. The minimum atomic E-state index is -0.0666. The van der Waals surface area contributed by atoms with Gasteiger partial charge in [0.2, 0.25) is 0 Å². The van der Waals surface area contributed by atoms with Gasteiger partial charge in [0.25, 0.3) is 0 Å². The van der Waals surface area contributed by atoms with E-state index in [2.05, 4.69) is 231 Å². The van der Waals surface area contributed by atoms with Crippen LogP contribution >= 0.6 is 0 Å². The van der Waals surface area contributed by atoms with Crippen molar-refractivity contribution in [2.45, 2.75) is 19.3 Å². The molecule has 0 saturated carbocycles. The third kappa shape index (κ3) is 5.95. The predicted octanol–water partition coefficient (Wildman–Crippen LogP) is 17.8. The molecule has 0 fully saturated rings. The van der Waals surface area contributed by atoms with E-state index in [1.807, 2.05) is 12.1 Å². The van der Waals surface area contributed by atoms with Gasteiger partial charge in [0, 0.05) is 33.2 Å².